The molecule has 1 atom stereocenters. The Hall–Kier alpha value is -3.11. The van der Waals surface area contributed by atoms with Crippen molar-refractivity contribution < 1.29 is 18.7 Å². The molecule has 0 saturated carbocycles. The molecule has 1 N–H and O–H groups in total. The van der Waals surface area contributed by atoms with Crippen LogP contribution in [-0.2, 0) is 11.3 Å². The molecule has 0 unspecified atom stereocenters. The largest absolute Gasteiger partial charge is 0.454 e. The maximum Gasteiger partial charge on any atom is 0.231 e. The van der Waals surface area contributed by atoms with Gasteiger partial charge in [-0.25, -0.2) is 4.39 Å². The average Bonchev–Trinajstić information content (AvgIpc) is 3.53. The minimum atomic E-state index is -0.301. The molecule has 1 saturated heterocycles. The van der Waals surface area contributed by atoms with Gasteiger partial charge in [0.25, 0.3) is 0 Å². The van der Waals surface area contributed by atoms with Crippen LogP contribution in [0.5, 0.6) is 11.5 Å². The quantitative estimate of drug-likeness (QED) is 0.470. The van der Waals surface area contributed by atoms with Crippen LogP contribution in [0.3, 0.4) is 0 Å². The number of hydrogen-bond acceptors (Lipinski definition) is 7. The van der Waals surface area contributed by atoms with Crippen molar-refractivity contribution in [1.29, 1.82) is 0 Å². The number of carbonyl (C=O) groups excluding carboxylic acids is 1. The van der Waals surface area contributed by atoms with E-state index in [-0.39, 0.29) is 30.3 Å². The van der Waals surface area contributed by atoms with Crippen molar-refractivity contribution >= 4 is 17.7 Å². The fourth-order valence-electron chi connectivity index (χ4n) is 4.38. The first-order valence-corrected chi connectivity index (χ1v) is 12.8. The third-order valence-electron chi connectivity index (χ3n) is 6.31. The number of halogens is 1. The standard InChI is InChI=1S/C25H28FN5O3S/c1-17(30-11-3-2-4-12-30)24-28-29-25(31(24)20-8-6-19(26)7-9-20)35-15-23(32)27-14-18-5-10-21-22(13-18)34-16-33-21/h5-10,13,17H,2-4,11-12,14-16H2,1H3,(H,27,32)/t17-/m1/s1. The highest BCUT2D eigenvalue weighted by Crippen LogP contribution is 2.32. The first-order valence-electron chi connectivity index (χ1n) is 11.8. The predicted octanol–water partition coefficient (Wildman–Crippen LogP) is 4.09. The molecule has 3 heterocycles. The molecule has 184 valence electrons. The molecule has 8 nitrogen and oxygen atoms in total. The number of carbonyl (C=O) groups is 1. The van der Waals surface area contributed by atoms with Gasteiger partial charge in [-0.1, -0.05) is 24.2 Å². The highest BCUT2D eigenvalue weighted by molar-refractivity contribution is 7.99. The van der Waals surface area contributed by atoms with Gasteiger partial charge in [0.05, 0.1) is 11.8 Å². The fraction of sp³-hybridized carbons (Fsp3) is 0.400. The smallest absolute Gasteiger partial charge is 0.231 e. The second-order valence-corrected chi connectivity index (χ2v) is 9.62. The Morgan fingerprint density at radius 2 is 1.86 bits per heavy atom. The monoisotopic (exact) mass is 497 g/mol. The Bertz CT molecular complexity index is 1180. The number of rotatable bonds is 8. The van der Waals surface area contributed by atoms with Crippen molar-refractivity contribution in [3.8, 4) is 17.2 Å². The molecule has 35 heavy (non-hydrogen) atoms. The molecule has 1 amide bonds. The topological polar surface area (TPSA) is 81.5 Å². The van der Waals surface area contributed by atoms with Gasteiger partial charge in [-0.15, -0.1) is 10.2 Å². The molecule has 5 rings (SSSR count). The molecule has 0 spiro atoms. The van der Waals surface area contributed by atoms with E-state index < -0.39 is 0 Å². The number of thioether (sulfide) groups is 1. The van der Waals surface area contributed by atoms with E-state index in [4.69, 9.17) is 9.47 Å². The number of nitrogens with one attached hydrogen (secondary N) is 1. The maximum absolute atomic E-state index is 13.6. The second kappa shape index (κ2) is 10.7. The predicted molar refractivity (Wildman–Crippen MR) is 130 cm³/mol. The number of likely N-dealkylation sites (tertiary alicyclic amines) is 1. The maximum atomic E-state index is 13.6. The van der Waals surface area contributed by atoms with Crippen LogP contribution in [0.15, 0.2) is 47.6 Å². The molecule has 1 aromatic heterocycles. The Morgan fingerprint density at radius 1 is 1.09 bits per heavy atom. The number of fused-ring (bicyclic) bond motifs is 1. The van der Waals surface area contributed by atoms with Crippen molar-refractivity contribution in [2.45, 2.75) is 43.9 Å². The molecule has 2 aromatic carbocycles. The second-order valence-electron chi connectivity index (χ2n) is 8.68. The van der Waals surface area contributed by atoms with Crippen LogP contribution in [0.2, 0.25) is 0 Å². The van der Waals surface area contributed by atoms with Crippen LogP contribution < -0.4 is 14.8 Å². The first-order chi connectivity index (χ1) is 17.1. The molecular formula is C25H28FN5O3S. The van der Waals surface area contributed by atoms with Gasteiger partial charge in [0.2, 0.25) is 12.7 Å². The zero-order valence-electron chi connectivity index (χ0n) is 19.6. The summed E-state index contributed by atoms with van der Waals surface area (Å²) in [4.78, 5) is 15.0. The van der Waals surface area contributed by atoms with Gasteiger partial charge in [-0.05, 0) is 74.8 Å². The first kappa shape index (κ1) is 23.6. The summed E-state index contributed by atoms with van der Waals surface area (Å²) in [5, 5.41) is 12.4. The van der Waals surface area contributed by atoms with Gasteiger partial charge >= 0.3 is 0 Å². The normalized spacial score (nSPS) is 16.3. The Balaban J connectivity index is 1.28. The molecule has 2 aliphatic heterocycles. The molecule has 0 aliphatic carbocycles. The summed E-state index contributed by atoms with van der Waals surface area (Å²) >= 11 is 1.31. The molecule has 1 fully saturated rings. The summed E-state index contributed by atoms with van der Waals surface area (Å²) in [6, 6.07) is 12.0. The van der Waals surface area contributed by atoms with E-state index >= 15 is 0 Å². The van der Waals surface area contributed by atoms with Crippen molar-refractivity contribution in [2.75, 3.05) is 25.6 Å². The van der Waals surface area contributed by atoms with Crippen LogP contribution in [0, 0.1) is 5.82 Å². The van der Waals surface area contributed by atoms with Crippen LogP contribution >= 0.6 is 11.8 Å². The van der Waals surface area contributed by atoms with Gasteiger partial charge in [0.1, 0.15) is 5.82 Å². The van der Waals surface area contributed by atoms with E-state index in [1.807, 2.05) is 22.8 Å². The Morgan fingerprint density at radius 3 is 2.66 bits per heavy atom. The summed E-state index contributed by atoms with van der Waals surface area (Å²) in [5.74, 6) is 1.96. The van der Waals surface area contributed by atoms with E-state index in [1.54, 1.807) is 12.1 Å². The Labute approximate surface area is 207 Å². The molecule has 10 heteroatoms. The molecular weight excluding hydrogens is 469 g/mol. The minimum Gasteiger partial charge on any atom is -0.454 e. The third kappa shape index (κ3) is 5.43. The number of piperidine rings is 1. The summed E-state index contributed by atoms with van der Waals surface area (Å²) in [5.41, 5.74) is 1.71. The minimum absolute atomic E-state index is 0.0574. The van der Waals surface area contributed by atoms with Crippen molar-refractivity contribution in [1.82, 2.24) is 25.0 Å². The molecule has 0 radical (unpaired) electrons. The summed E-state index contributed by atoms with van der Waals surface area (Å²) in [7, 11) is 0. The average molecular weight is 498 g/mol. The third-order valence-corrected chi connectivity index (χ3v) is 7.24. The van der Waals surface area contributed by atoms with Crippen LogP contribution in [-0.4, -0.2) is 51.2 Å². The summed E-state index contributed by atoms with van der Waals surface area (Å²) in [6.45, 7) is 4.76. The van der Waals surface area contributed by atoms with Crippen LogP contribution in [0.1, 0.15) is 43.6 Å². The SMILES string of the molecule is C[C@H](c1nnc(SCC(=O)NCc2ccc3c(c2)OCO3)n1-c1ccc(F)cc1)N1CCCCC1. The van der Waals surface area contributed by atoms with Gasteiger partial charge in [-0.2, -0.15) is 0 Å². The van der Waals surface area contributed by atoms with E-state index in [0.29, 0.717) is 23.2 Å². The van der Waals surface area contributed by atoms with Crippen molar-refractivity contribution in [2.24, 2.45) is 0 Å². The lowest BCUT2D eigenvalue weighted by Gasteiger charge is -2.31. The van der Waals surface area contributed by atoms with E-state index in [0.717, 1.165) is 30.2 Å². The number of hydrogen-bond donors (Lipinski definition) is 1. The van der Waals surface area contributed by atoms with Crippen LogP contribution in [0.4, 0.5) is 4.39 Å². The number of amides is 1. The van der Waals surface area contributed by atoms with Gasteiger partial charge in [0, 0.05) is 12.2 Å². The number of aromatic nitrogens is 3. The van der Waals surface area contributed by atoms with Crippen molar-refractivity contribution in [3.63, 3.8) is 0 Å². The Kier molecular flexibility index (Phi) is 7.19. The zero-order chi connectivity index (χ0) is 24.2. The van der Waals surface area contributed by atoms with Crippen molar-refractivity contribution in [3.05, 3.63) is 59.7 Å². The molecule has 0 bridgehead atoms. The van der Waals surface area contributed by atoms with E-state index in [1.165, 1.54) is 43.2 Å². The lowest BCUT2D eigenvalue weighted by atomic mass is 10.1. The van der Waals surface area contributed by atoms with Gasteiger partial charge in [0.15, 0.2) is 22.5 Å². The number of ether oxygens (including phenoxy) is 2. The van der Waals surface area contributed by atoms with Gasteiger partial charge in [-0.3, -0.25) is 14.3 Å². The van der Waals surface area contributed by atoms with E-state index in [9.17, 15) is 9.18 Å². The van der Waals surface area contributed by atoms with Crippen LogP contribution in [0.25, 0.3) is 5.69 Å². The van der Waals surface area contributed by atoms with E-state index in [2.05, 4.69) is 27.3 Å². The lowest BCUT2D eigenvalue weighted by molar-refractivity contribution is -0.118. The summed E-state index contributed by atoms with van der Waals surface area (Å²) < 4.78 is 26.3. The molecule has 3 aromatic rings. The highest BCUT2D eigenvalue weighted by Gasteiger charge is 2.26. The summed E-state index contributed by atoms with van der Waals surface area (Å²) in [6.07, 6.45) is 3.58. The number of benzene rings is 2. The highest BCUT2D eigenvalue weighted by atomic mass is 32.2. The lowest BCUT2D eigenvalue weighted by Crippen LogP contribution is -2.33. The molecule has 2 aliphatic rings. The van der Waals surface area contributed by atoms with Gasteiger partial charge < -0.3 is 14.8 Å². The fourth-order valence-corrected chi connectivity index (χ4v) is 5.17. The zero-order valence-corrected chi connectivity index (χ0v) is 20.4. The number of nitrogens with zero attached hydrogens (tertiary/aromatic N) is 4.